The zero-order valence-corrected chi connectivity index (χ0v) is 20.8. The van der Waals surface area contributed by atoms with Gasteiger partial charge in [0.25, 0.3) is 0 Å². The van der Waals surface area contributed by atoms with Gasteiger partial charge in [0.15, 0.2) is 5.96 Å². The standard InChI is InChI=1S/C24H33N5O.HI/c1-25-24(26-14-16-28(2)22-11-7-4-8-12-22)27-18-21-17-23(30)29(19-21)15-13-20-9-5-3-6-10-20;/h3-12,21H,13-19H2,1-2H3,(H2,25,26,27);1H. The molecule has 6 nitrogen and oxygen atoms in total. The van der Waals surface area contributed by atoms with Gasteiger partial charge in [-0.05, 0) is 24.1 Å². The number of aliphatic imine (C=N–C) groups is 1. The predicted octanol–water partition coefficient (Wildman–Crippen LogP) is 3.00. The van der Waals surface area contributed by atoms with Gasteiger partial charge in [0, 0.05) is 64.8 Å². The van der Waals surface area contributed by atoms with Crippen LogP contribution in [0.1, 0.15) is 12.0 Å². The maximum absolute atomic E-state index is 12.3. The molecule has 0 bridgehead atoms. The number of nitrogens with zero attached hydrogens (tertiary/aromatic N) is 3. The van der Waals surface area contributed by atoms with Crippen LogP contribution in [0.5, 0.6) is 0 Å². The molecule has 0 spiro atoms. The number of halogens is 1. The number of hydrogen-bond donors (Lipinski definition) is 2. The molecule has 168 valence electrons. The fourth-order valence-corrected chi connectivity index (χ4v) is 3.73. The van der Waals surface area contributed by atoms with Crippen molar-refractivity contribution < 1.29 is 4.79 Å². The molecule has 1 heterocycles. The highest BCUT2D eigenvalue weighted by molar-refractivity contribution is 14.0. The second-order valence-electron chi connectivity index (χ2n) is 7.78. The minimum absolute atomic E-state index is 0. The van der Waals surface area contributed by atoms with Crippen LogP contribution in [-0.4, -0.2) is 63.6 Å². The summed E-state index contributed by atoms with van der Waals surface area (Å²) in [6.07, 6.45) is 1.51. The van der Waals surface area contributed by atoms with Gasteiger partial charge in [0.1, 0.15) is 0 Å². The van der Waals surface area contributed by atoms with Crippen molar-refractivity contribution in [3.05, 3.63) is 66.2 Å². The van der Waals surface area contributed by atoms with Crippen LogP contribution in [-0.2, 0) is 11.2 Å². The van der Waals surface area contributed by atoms with Gasteiger partial charge < -0.3 is 20.4 Å². The van der Waals surface area contributed by atoms with E-state index in [4.69, 9.17) is 0 Å². The first-order valence-electron chi connectivity index (χ1n) is 10.7. The Kier molecular flexibility index (Phi) is 10.6. The average molecular weight is 535 g/mol. The van der Waals surface area contributed by atoms with Crippen molar-refractivity contribution in [2.75, 3.05) is 51.7 Å². The number of rotatable bonds is 9. The first kappa shape index (κ1) is 25.0. The number of hydrogen-bond acceptors (Lipinski definition) is 3. The van der Waals surface area contributed by atoms with Crippen LogP contribution in [0.4, 0.5) is 5.69 Å². The lowest BCUT2D eigenvalue weighted by Gasteiger charge is -2.21. The predicted molar refractivity (Wildman–Crippen MR) is 139 cm³/mol. The van der Waals surface area contributed by atoms with Gasteiger partial charge in [-0.2, -0.15) is 0 Å². The van der Waals surface area contributed by atoms with Crippen molar-refractivity contribution in [3.63, 3.8) is 0 Å². The lowest BCUT2D eigenvalue weighted by molar-refractivity contribution is -0.127. The number of para-hydroxylation sites is 1. The van der Waals surface area contributed by atoms with Crippen molar-refractivity contribution in [1.29, 1.82) is 0 Å². The summed E-state index contributed by atoms with van der Waals surface area (Å²) < 4.78 is 0. The van der Waals surface area contributed by atoms with E-state index in [9.17, 15) is 4.79 Å². The largest absolute Gasteiger partial charge is 0.373 e. The van der Waals surface area contributed by atoms with Gasteiger partial charge in [0.05, 0.1) is 0 Å². The minimum Gasteiger partial charge on any atom is -0.373 e. The van der Waals surface area contributed by atoms with Crippen LogP contribution in [0.15, 0.2) is 65.7 Å². The smallest absolute Gasteiger partial charge is 0.223 e. The third kappa shape index (κ3) is 8.05. The average Bonchev–Trinajstić information content (AvgIpc) is 3.15. The lowest BCUT2D eigenvalue weighted by atomic mass is 10.1. The highest BCUT2D eigenvalue weighted by Gasteiger charge is 2.29. The SMILES string of the molecule is CN=C(NCCN(C)c1ccccc1)NCC1CC(=O)N(CCc2ccccc2)C1.I. The monoisotopic (exact) mass is 535 g/mol. The van der Waals surface area contributed by atoms with Crippen LogP contribution in [0.3, 0.4) is 0 Å². The molecular weight excluding hydrogens is 501 g/mol. The summed E-state index contributed by atoms with van der Waals surface area (Å²) in [6.45, 7) is 4.02. The molecule has 1 aliphatic heterocycles. The molecule has 0 aliphatic carbocycles. The molecule has 1 aliphatic rings. The molecule has 2 aromatic carbocycles. The Balaban J connectivity index is 0.00000341. The number of likely N-dealkylation sites (N-methyl/N-ethyl adjacent to an activating group) is 1. The summed E-state index contributed by atoms with van der Waals surface area (Å²) >= 11 is 0. The molecule has 1 amide bonds. The van der Waals surface area contributed by atoms with E-state index in [1.165, 1.54) is 11.3 Å². The molecule has 1 unspecified atom stereocenters. The van der Waals surface area contributed by atoms with Crippen LogP contribution in [0, 0.1) is 5.92 Å². The number of anilines is 1. The van der Waals surface area contributed by atoms with E-state index in [1.54, 1.807) is 7.05 Å². The summed E-state index contributed by atoms with van der Waals surface area (Å²) in [4.78, 5) is 20.9. The number of amides is 1. The van der Waals surface area contributed by atoms with Crippen LogP contribution in [0.2, 0.25) is 0 Å². The van der Waals surface area contributed by atoms with Gasteiger partial charge in [-0.1, -0.05) is 48.5 Å². The van der Waals surface area contributed by atoms with E-state index in [2.05, 4.69) is 51.8 Å². The van der Waals surface area contributed by atoms with Crippen molar-refractivity contribution in [3.8, 4) is 0 Å². The molecule has 1 fully saturated rings. The summed E-state index contributed by atoms with van der Waals surface area (Å²) in [5.74, 6) is 1.36. The number of likely N-dealkylation sites (tertiary alicyclic amines) is 1. The Morgan fingerprint density at radius 3 is 2.45 bits per heavy atom. The second-order valence-corrected chi connectivity index (χ2v) is 7.78. The number of guanidine groups is 1. The van der Waals surface area contributed by atoms with E-state index in [1.807, 2.05) is 41.3 Å². The molecule has 7 heteroatoms. The Morgan fingerprint density at radius 2 is 1.77 bits per heavy atom. The van der Waals surface area contributed by atoms with Crippen molar-refractivity contribution in [2.24, 2.45) is 10.9 Å². The third-order valence-corrected chi connectivity index (χ3v) is 5.53. The van der Waals surface area contributed by atoms with Gasteiger partial charge in [0.2, 0.25) is 5.91 Å². The Bertz CT molecular complexity index is 815. The van der Waals surface area contributed by atoms with E-state index in [0.717, 1.165) is 45.1 Å². The zero-order valence-electron chi connectivity index (χ0n) is 18.5. The number of carbonyl (C=O) groups excluding carboxylic acids is 1. The summed E-state index contributed by atoms with van der Waals surface area (Å²) in [7, 11) is 3.86. The maximum Gasteiger partial charge on any atom is 0.223 e. The van der Waals surface area contributed by atoms with Crippen LogP contribution in [0.25, 0.3) is 0 Å². The number of benzene rings is 2. The maximum atomic E-state index is 12.3. The molecule has 2 N–H and O–H groups in total. The highest BCUT2D eigenvalue weighted by atomic mass is 127. The third-order valence-electron chi connectivity index (χ3n) is 5.53. The Morgan fingerprint density at radius 1 is 1.10 bits per heavy atom. The van der Waals surface area contributed by atoms with Gasteiger partial charge in [-0.3, -0.25) is 9.79 Å². The Labute approximate surface area is 203 Å². The molecule has 0 radical (unpaired) electrons. The molecule has 2 aromatic rings. The van der Waals surface area contributed by atoms with E-state index in [-0.39, 0.29) is 29.9 Å². The first-order valence-corrected chi connectivity index (χ1v) is 10.7. The molecule has 1 saturated heterocycles. The summed E-state index contributed by atoms with van der Waals surface area (Å²) in [6, 6.07) is 20.7. The van der Waals surface area contributed by atoms with E-state index in [0.29, 0.717) is 12.3 Å². The van der Waals surface area contributed by atoms with E-state index < -0.39 is 0 Å². The zero-order chi connectivity index (χ0) is 21.2. The van der Waals surface area contributed by atoms with Gasteiger partial charge in [-0.15, -0.1) is 24.0 Å². The molecule has 3 rings (SSSR count). The Hall–Kier alpha value is -2.29. The van der Waals surface area contributed by atoms with Gasteiger partial charge in [-0.25, -0.2) is 0 Å². The minimum atomic E-state index is 0. The van der Waals surface area contributed by atoms with Crippen molar-refractivity contribution in [1.82, 2.24) is 15.5 Å². The normalized spacial score (nSPS) is 16.1. The molecule has 0 saturated carbocycles. The highest BCUT2D eigenvalue weighted by Crippen LogP contribution is 2.17. The molecular formula is C24H34IN5O. The fourth-order valence-electron chi connectivity index (χ4n) is 3.73. The topological polar surface area (TPSA) is 60.0 Å². The molecule has 31 heavy (non-hydrogen) atoms. The summed E-state index contributed by atoms with van der Waals surface area (Å²) in [5.41, 5.74) is 2.47. The van der Waals surface area contributed by atoms with E-state index >= 15 is 0 Å². The van der Waals surface area contributed by atoms with Crippen molar-refractivity contribution in [2.45, 2.75) is 12.8 Å². The van der Waals surface area contributed by atoms with Crippen LogP contribution < -0.4 is 15.5 Å². The molecule has 0 aromatic heterocycles. The lowest BCUT2D eigenvalue weighted by Crippen LogP contribution is -2.43. The first-order chi connectivity index (χ1) is 14.7. The summed E-state index contributed by atoms with van der Waals surface area (Å²) in [5, 5.41) is 6.74. The fraction of sp³-hybridized carbons (Fsp3) is 0.417. The number of nitrogens with one attached hydrogen (secondary N) is 2. The molecule has 1 atom stereocenters. The van der Waals surface area contributed by atoms with Gasteiger partial charge >= 0.3 is 0 Å². The van der Waals surface area contributed by atoms with Crippen molar-refractivity contribution >= 4 is 41.5 Å². The van der Waals surface area contributed by atoms with Crippen LogP contribution >= 0.6 is 24.0 Å². The quantitative estimate of drug-likeness (QED) is 0.295. The second kappa shape index (κ2) is 13.2. The number of carbonyl (C=O) groups is 1.